The Balaban J connectivity index is 1.22. The highest BCUT2D eigenvalue weighted by atomic mass is 16.5. The SMILES string of the molecule is C(=C1CCN(c2cccnc2)CC1)c1cccc(Oc2ccc(N3CCC3)cn2)c1. The molecule has 152 valence electrons. The quantitative estimate of drug-likeness (QED) is 0.594. The van der Waals surface area contributed by atoms with Gasteiger partial charge in [0.15, 0.2) is 0 Å². The van der Waals surface area contributed by atoms with E-state index >= 15 is 0 Å². The van der Waals surface area contributed by atoms with Crippen LogP contribution < -0.4 is 14.5 Å². The maximum atomic E-state index is 6.00. The molecule has 0 radical (unpaired) electrons. The van der Waals surface area contributed by atoms with E-state index in [9.17, 15) is 0 Å². The third kappa shape index (κ3) is 4.30. The Morgan fingerprint density at radius 1 is 0.833 bits per heavy atom. The number of aromatic nitrogens is 2. The number of ether oxygens (including phenoxy) is 1. The number of anilines is 2. The van der Waals surface area contributed by atoms with Crippen LogP contribution in [-0.4, -0.2) is 36.1 Å². The summed E-state index contributed by atoms with van der Waals surface area (Å²) < 4.78 is 6.00. The van der Waals surface area contributed by atoms with Crippen LogP contribution in [-0.2, 0) is 0 Å². The van der Waals surface area contributed by atoms with Gasteiger partial charge in [-0.05, 0) is 55.2 Å². The fraction of sp³-hybridized carbons (Fsp3) is 0.280. The highest BCUT2D eigenvalue weighted by Crippen LogP contribution is 2.27. The smallest absolute Gasteiger partial charge is 0.219 e. The molecule has 0 amide bonds. The normalized spacial score (nSPS) is 16.2. The monoisotopic (exact) mass is 398 g/mol. The number of nitrogens with zero attached hydrogens (tertiary/aromatic N) is 4. The molecule has 3 aromatic rings. The molecule has 5 nitrogen and oxygen atoms in total. The number of benzene rings is 1. The summed E-state index contributed by atoms with van der Waals surface area (Å²) in [6.07, 6.45) is 11.4. The van der Waals surface area contributed by atoms with Gasteiger partial charge in [-0.1, -0.05) is 23.8 Å². The van der Waals surface area contributed by atoms with Gasteiger partial charge in [0.2, 0.25) is 5.88 Å². The van der Waals surface area contributed by atoms with E-state index in [4.69, 9.17) is 4.74 Å². The molecule has 2 aliphatic heterocycles. The second-order valence-electron chi connectivity index (χ2n) is 7.87. The summed E-state index contributed by atoms with van der Waals surface area (Å²) in [5.41, 5.74) is 5.03. The molecule has 0 N–H and O–H groups in total. The van der Waals surface area contributed by atoms with Crippen molar-refractivity contribution in [1.82, 2.24) is 9.97 Å². The first-order chi connectivity index (χ1) is 14.8. The summed E-state index contributed by atoms with van der Waals surface area (Å²) >= 11 is 0. The molecule has 0 saturated carbocycles. The predicted molar refractivity (Wildman–Crippen MR) is 121 cm³/mol. The Bertz CT molecular complexity index is 1000. The minimum atomic E-state index is 0.633. The van der Waals surface area contributed by atoms with Crippen molar-refractivity contribution in [3.05, 3.63) is 78.3 Å². The summed E-state index contributed by atoms with van der Waals surface area (Å²) in [5.74, 6) is 1.45. The van der Waals surface area contributed by atoms with Gasteiger partial charge in [0.1, 0.15) is 5.75 Å². The van der Waals surface area contributed by atoms with Crippen molar-refractivity contribution in [3.8, 4) is 11.6 Å². The van der Waals surface area contributed by atoms with E-state index in [0.29, 0.717) is 5.88 Å². The van der Waals surface area contributed by atoms with Crippen LogP contribution in [0.2, 0.25) is 0 Å². The molecule has 0 bridgehead atoms. The number of pyridine rings is 2. The largest absolute Gasteiger partial charge is 0.439 e. The first-order valence-electron chi connectivity index (χ1n) is 10.7. The predicted octanol–water partition coefficient (Wildman–Crippen LogP) is 5.16. The lowest BCUT2D eigenvalue weighted by atomic mass is 10.0. The summed E-state index contributed by atoms with van der Waals surface area (Å²) in [7, 11) is 0. The number of rotatable bonds is 5. The first-order valence-corrected chi connectivity index (χ1v) is 10.7. The van der Waals surface area contributed by atoms with E-state index < -0.39 is 0 Å². The third-order valence-corrected chi connectivity index (χ3v) is 5.81. The second-order valence-corrected chi connectivity index (χ2v) is 7.87. The fourth-order valence-corrected chi connectivity index (χ4v) is 3.96. The molecular weight excluding hydrogens is 372 g/mol. The first kappa shape index (κ1) is 18.7. The van der Waals surface area contributed by atoms with Crippen molar-refractivity contribution in [3.63, 3.8) is 0 Å². The molecule has 2 saturated heterocycles. The Morgan fingerprint density at radius 3 is 2.37 bits per heavy atom. The van der Waals surface area contributed by atoms with E-state index in [1.165, 1.54) is 28.9 Å². The summed E-state index contributed by atoms with van der Waals surface area (Å²) in [6.45, 7) is 4.30. The third-order valence-electron chi connectivity index (χ3n) is 5.81. The van der Waals surface area contributed by atoms with E-state index in [-0.39, 0.29) is 0 Å². The van der Waals surface area contributed by atoms with E-state index in [0.717, 1.165) is 44.8 Å². The van der Waals surface area contributed by atoms with Crippen LogP contribution in [0.1, 0.15) is 24.8 Å². The maximum absolute atomic E-state index is 6.00. The Morgan fingerprint density at radius 2 is 1.67 bits per heavy atom. The molecule has 5 heteroatoms. The second kappa shape index (κ2) is 8.57. The van der Waals surface area contributed by atoms with Crippen LogP contribution >= 0.6 is 0 Å². The molecule has 2 aromatic heterocycles. The van der Waals surface area contributed by atoms with Gasteiger partial charge in [-0.2, -0.15) is 0 Å². The van der Waals surface area contributed by atoms with E-state index in [1.807, 2.05) is 42.9 Å². The van der Waals surface area contributed by atoms with Gasteiger partial charge < -0.3 is 14.5 Å². The lowest BCUT2D eigenvalue weighted by Gasteiger charge is -2.32. The Labute approximate surface area is 177 Å². The zero-order valence-corrected chi connectivity index (χ0v) is 17.1. The lowest BCUT2D eigenvalue weighted by molar-refractivity contribution is 0.462. The van der Waals surface area contributed by atoms with Crippen molar-refractivity contribution in [1.29, 1.82) is 0 Å². The van der Waals surface area contributed by atoms with Crippen molar-refractivity contribution < 1.29 is 4.74 Å². The zero-order valence-electron chi connectivity index (χ0n) is 17.1. The van der Waals surface area contributed by atoms with Gasteiger partial charge in [-0.15, -0.1) is 0 Å². The summed E-state index contributed by atoms with van der Waals surface area (Å²) in [4.78, 5) is 13.4. The Kier molecular flexibility index (Phi) is 5.34. The molecule has 1 aromatic carbocycles. The highest BCUT2D eigenvalue weighted by Gasteiger charge is 2.15. The molecule has 5 rings (SSSR count). The van der Waals surface area contributed by atoms with Crippen LogP contribution in [0.15, 0.2) is 72.7 Å². The zero-order chi connectivity index (χ0) is 20.2. The fourth-order valence-electron chi connectivity index (χ4n) is 3.96. The van der Waals surface area contributed by atoms with Crippen LogP contribution in [0.3, 0.4) is 0 Å². The highest BCUT2D eigenvalue weighted by molar-refractivity contribution is 5.57. The number of piperidine rings is 1. The van der Waals surface area contributed by atoms with Crippen LogP contribution in [0.25, 0.3) is 6.08 Å². The number of hydrogen-bond acceptors (Lipinski definition) is 5. The van der Waals surface area contributed by atoms with Crippen LogP contribution in [0.4, 0.5) is 11.4 Å². The van der Waals surface area contributed by atoms with Gasteiger partial charge >= 0.3 is 0 Å². The van der Waals surface area contributed by atoms with E-state index in [1.54, 1.807) is 0 Å². The minimum absolute atomic E-state index is 0.633. The standard InChI is InChI=1S/C25H26N4O/c1-4-21(16-20-9-14-29(15-10-20)22-5-2-11-26-18-22)17-24(6-1)30-25-8-7-23(19-27-25)28-12-3-13-28/h1-2,4-8,11,16-19H,3,9-10,12-15H2. The van der Waals surface area contributed by atoms with Crippen molar-refractivity contribution in [2.75, 3.05) is 36.0 Å². The number of hydrogen-bond donors (Lipinski definition) is 0. The summed E-state index contributed by atoms with van der Waals surface area (Å²) in [5, 5.41) is 0. The molecule has 4 heterocycles. The van der Waals surface area contributed by atoms with Crippen molar-refractivity contribution in [2.24, 2.45) is 0 Å². The van der Waals surface area contributed by atoms with Crippen molar-refractivity contribution >= 4 is 17.5 Å². The molecular formula is C25H26N4O. The molecule has 0 unspecified atom stereocenters. The molecule has 2 fully saturated rings. The average Bonchev–Trinajstić information content (AvgIpc) is 2.75. The van der Waals surface area contributed by atoms with Crippen LogP contribution in [0, 0.1) is 0 Å². The van der Waals surface area contributed by atoms with Crippen molar-refractivity contribution in [2.45, 2.75) is 19.3 Å². The molecule has 0 atom stereocenters. The average molecular weight is 399 g/mol. The van der Waals surface area contributed by atoms with Gasteiger partial charge in [-0.3, -0.25) is 4.98 Å². The molecule has 0 spiro atoms. The minimum Gasteiger partial charge on any atom is -0.439 e. The van der Waals surface area contributed by atoms with Crippen LogP contribution in [0.5, 0.6) is 11.6 Å². The molecule has 2 aliphatic rings. The molecule has 0 aliphatic carbocycles. The Hall–Kier alpha value is -3.34. The van der Waals surface area contributed by atoms with Gasteiger partial charge in [0.05, 0.1) is 23.8 Å². The molecule has 30 heavy (non-hydrogen) atoms. The van der Waals surface area contributed by atoms with Gasteiger partial charge in [-0.25, -0.2) is 4.98 Å². The van der Waals surface area contributed by atoms with Gasteiger partial charge in [0, 0.05) is 38.4 Å². The summed E-state index contributed by atoms with van der Waals surface area (Å²) in [6, 6.07) is 16.4. The van der Waals surface area contributed by atoms with E-state index in [2.05, 4.69) is 50.1 Å². The van der Waals surface area contributed by atoms with Gasteiger partial charge in [0.25, 0.3) is 0 Å². The topological polar surface area (TPSA) is 41.5 Å². The maximum Gasteiger partial charge on any atom is 0.219 e. The lowest BCUT2D eigenvalue weighted by Crippen LogP contribution is -2.36.